The van der Waals surface area contributed by atoms with Crippen molar-refractivity contribution in [1.29, 1.82) is 0 Å². The van der Waals surface area contributed by atoms with E-state index in [2.05, 4.69) is 23.5 Å². The number of carbonyl (C=O) groups is 2. The predicted octanol–water partition coefficient (Wildman–Crippen LogP) is 3.92. The number of hydrogen-bond donors (Lipinski definition) is 1. The van der Waals surface area contributed by atoms with Crippen molar-refractivity contribution in [3.8, 4) is 0 Å². The van der Waals surface area contributed by atoms with Gasteiger partial charge in [-0.2, -0.15) is 0 Å². The maximum atomic E-state index is 13.5. The van der Waals surface area contributed by atoms with Crippen LogP contribution < -0.4 is 15.1 Å². The second-order valence-electron chi connectivity index (χ2n) is 8.53. The minimum atomic E-state index is -0.214. The first-order chi connectivity index (χ1) is 15.0. The Hall–Kier alpha value is -2.86. The zero-order valence-corrected chi connectivity index (χ0v) is 18.3. The lowest BCUT2D eigenvalue weighted by Gasteiger charge is -2.24. The predicted molar refractivity (Wildman–Crippen MR) is 123 cm³/mol. The fraction of sp³-hybridized carbons (Fsp3) is 0.440. The van der Waals surface area contributed by atoms with E-state index in [9.17, 15) is 9.59 Å². The molecule has 0 aliphatic carbocycles. The molecule has 6 heteroatoms. The van der Waals surface area contributed by atoms with E-state index >= 15 is 0 Å². The smallest absolute Gasteiger partial charge is 0.329 e. The van der Waals surface area contributed by atoms with Gasteiger partial charge in [0.15, 0.2) is 0 Å². The standard InChI is InChI=1S/C25H31N3O3/c1-18(2)31-24(29)11-10-23-17-27(21-6-4-3-5-7-21)25(30)28(23)22-9-8-19-12-14-26-15-13-20(19)16-22/h3-9,16,18,23,26H,10-15,17H2,1-2H3. The molecule has 0 saturated carbocycles. The number of rotatable bonds is 6. The number of ether oxygens (including phenoxy) is 1. The van der Waals surface area contributed by atoms with E-state index in [4.69, 9.17) is 4.74 Å². The monoisotopic (exact) mass is 421 g/mol. The van der Waals surface area contributed by atoms with E-state index in [0.717, 1.165) is 37.3 Å². The minimum Gasteiger partial charge on any atom is -0.463 e. The van der Waals surface area contributed by atoms with Gasteiger partial charge in [0, 0.05) is 24.3 Å². The highest BCUT2D eigenvalue weighted by Gasteiger charge is 2.39. The van der Waals surface area contributed by atoms with Crippen molar-refractivity contribution in [3.63, 3.8) is 0 Å². The summed E-state index contributed by atoms with van der Waals surface area (Å²) in [4.78, 5) is 29.3. The number of para-hydroxylation sites is 1. The largest absolute Gasteiger partial charge is 0.463 e. The minimum absolute atomic E-state index is 0.0416. The molecule has 2 aliphatic rings. The van der Waals surface area contributed by atoms with Gasteiger partial charge in [-0.05, 0) is 81.6 Å². The first-order valence-electron chi connectivity index (χ1n) is 11.2. The summed E-state index contributed by atoms with van der Waals surface area (Å²) in [6, 6.07) is 16.0. The van der Waals surface area contributed by atoms with Crippen LogP contribution in [-0.2, 0) is 22.4 Å². The molecule has 1 saturated heterocycles. The molecule has 0 spiro atoms. The van der Waals surface area contributed by atoms with Gasteiger partial charge in [0.25, 0.3) is 0 Å². The molecular formula is C25H31N3O3. The Morgan fingerprint density at radius 1 is 1.06 bits per heavy atom. The molecule has 1 unspecified atom stereocenters. The summed E-state index contributed by atoms with van der Waals surface area (Å²) in [7, 11) is 0. The van der Waals surface area contributed by atoms with Crippen LogP contribution in [0.25, 0.3) is 0 Å². The van der Waals surface area contributed by atoms with Gasteiger partial charge in [0.2, 0.25) is 0 Å². The Morgan fingerprint density at radius 3 is 2.55 bits per heavy atom. The van der Waals surface area contributed by atoms with Crippen LogP contribution >= 0.6 is 0 Å². The summed E-state index contributed by atoms with van der Waals surface area (Å²) < 4.78 is 5.31. The molecule has 0 bridgehead atoms. The third-order valence-electron chi connectivity index (χ3n) is 5.92. The molecule has 1 fully saturated rings. The summed E-state index contributed by atoms with van der Waals surface area (Å²) >= 11 is 0. The maximum absolute atomic E-state index is 13.5. The van der Waals surface area contributed by atoms with Crippen molar-refractivity contribution in [1.82, 2.24) is 5.32 Å². The fourth-order valence-corrected chi connectivity index (χ4v) is 4.44. The molecular weight excluding hydrogens is 390 g/mol. The summed E-state index contributed by atoms with van der Waals surface area (Å²) in [6.07, 6.45) is 2.69. The first-order valence-corrected chi connectivity index (χ1v) is 11.2. The number of urea groups is 1. The van der Waals surface area contributed by atoms with Crippen LogP contribution in [0.4, 0.5) is 16.2 Å². The van der Waals surface area contributed by atoms with Gasteiger partial charge in [-0.15, -0.1) is 0 Å². The lowest BCUT2D eigenvalue weighted by atomic mass is 10.0. The fourth-order valence-electron chi connectivity index (χ4n) is 4.44. The number of nitrogens with zero attached hydrogens (tertiary/aromatic N) is 2. The van der Waals surface area contributed by atoms with Gasteiger partial charge in [-0.3, -0.25) is 14.6 Å². The number of anilines is 2. The second-order valence-corrected chi connectivity index (χ2v) is 8.53. The summed E-state index contributed by atoms with van der Waals surface area (Å²) in [5, 5.41) is 3.44. The van der Waals surface area contributed by atoms with Crippen LogP contribution in [0.15, 0.2) is 48.5 Å². The van der Waals surface area contributed by atoms with Gasteiger partial charge < -0.3 is 10.1 Å². The highest BCUT2D eigenvalue weighted by Crippen LogP contribution is 2.32. The van der Waals surface area contributed by atoms with Gasteiger partial charge >= 0.3 is 12.0 Å². The van der Waals surface area contributed by atoms with E-state index in [1.165, 1.54) is 11.1 Å². The van der Waals surface area contributed by atoms with Gasteiger partial charge in [-0.1, -0.05) is 24.3 Å². The van der Waals surface area contributed by atoms with Gasteiger partial charge in [0.05, 0.1) is 12.1 Å². The van der Waals surface area contributed by atoms with Crippen LogP contribution in [-0.4, -0.2) is 43.8 Å². The Bertz CT molecular complexity index is 929. The molecule has 0 aromatic heterocycles. The highest BCUT2D eigenvalue weighted by atomic mass is 16.5. The van der Waals surface area contributed by atoms with Crippen LogP contribution in [0.1, 0.15) is 37.8 Å². The first kappa shape index (κ1) is 21.4. The van der Waals surface area contributed by atoms with Gasteiger partial charge in [-0.25, -0.2) is 4.79 Å². The van der Waals surface area contributed by atoms with E-state index in [1.807, 2.05) is 54.0 Å². The molecule has 2 heterocycles. The van der Waals surface area contributed by atoms with Crippen molar-refractivity contribution in [2.45, 2.75) is 51.7 Å². The van der Waals surface area contributed by atoms with Crippen molar-refractivity contribution < 1.29 is 14.3 Å². The lowest BCUT2D eigenvalue weighted by Crippen LogP contribution is -2.35. The number of hydrogen-bond acceptors (Lipinski definition) is 4. The second kappa shape index (κ2) is 9.52. The molecule has 2 amide bonds. The molecule has 0 radical (unpaired) electrons. The topological polar surface area (TPSA) is 61.9 Å². The Kier molecular flexibility index (Phi) is 6.56. The quantitative estimate of drug-likeness (QED) is 0.718. The highest BCUT2D eigenvalue weighted by molar-refractivity contribution is 6.07. The zero-order valence-electron chi connectivity index (χ0n) is 18.3. The molecule has 6 nitrogen and oxygen atoms in total. The Morgan fingerprint density at radius 2 is 1.81 bits per heavy atom. The molecule has 2 aliphatic heterocycles. The van der Waals surface area contributed by atoms with Crippen LogP contribution in [0.5, 0.6) is 0 Å². The Labute approximate surface area is 184 Å². The maximum Gasteiger partial charge on any atom is 0.329 e. The number of carbonyl (C=O) groups excluding carboxylic acids is 2. The number of fused-ring (bicyclic) bond motifs is 1. The van der Waals surface area contributed by atoms with Crippen LogP contribution in [0.3, 0.4) is 0 Å². The van der Waals surface area contributed by atoms with E-state index < -0.39 is 0 Å². The number of amides is 2. The zero-order chi connectivity index (χ0) is 21.8. The molecule has 2 aromatic rings. The normalized spacial score (nSPS) is 18.8. The number of nitrogens with one attached hydrogen (secondary N) is 1. The third-order valence-corrected chi connectivity index (χ3v) is 5.92. The molecule has 1 N–H and O–H groups in total. The van der Waals surface area contributed by atoms with Crippen molar-refractivity contribution in [2.24, 2.45) is 0 Å². The summed E-state index contributed by atoms with van der Waals surface area (Å²) in [5.41, 5.74) is 4.43. The van der Waals surface area contributed by atoms with E-state index in [1.54, 1.807) is 0 Å². The molecule has 164 valence electrons. The van der Waals surface area contributed by atoms with Gasteiger partial charge in [0.1, 0.15) is 0 Å². The molecule has 31 heavy (non-hydrogen) atoms. The van der Waals surface area contributed by atoms with Crippen molar-refractivity contribution in [3.05, 3.63) is 59.7 Å². The molecule has 1 atom stereocenters. The van der Waals surface area contributed by atoms with Crippen molar-refractivity contribution in [2.75, 3.05) is 29.4 Å². The van der Waals surface area contributed by atoms with Crippen LogP contribution in [0.2, 0.25) is 0 Å². The van der Waals surface area contributed by atoms with E-state index in [0.29, 0.717) is 19.4 Å². The van der Waals surface area contributed by atoms with Crippen molar-refractivity contribution >= 4 is 23.4 Å². The summed E-state index contributed by atoms with van der Waals surface area (Å²) in [5.74, 6) is -0.214. The average molecular weight is 422 g/mol. The number of benzene rings is 2. The lowest BCUT2D eigenvalue weighted by molar-refractivity contribution is -0.147. The average Bonchev–Trinajstić information content (AvgIpc) is 2.92. The van der Waals surface area contributed by atoms with Crippen LogP contribution in [0, 0.1) is 0 Å². The number of esters is 1. The SMILES string of the molecule is CC(C)OC(=O)CCC1CN(c2ccccc2)C(=O)N1c1ccc2c(c1)CCNCC2. The Balaban J connectivity index is 1.60. The third kappa shape index (κ3) is 4.90. The van der Waals surface area contributed by atoms with E-state index in [-0.39, 0.29) is 24.1 Å². The summed E-state index contributed by atoms with van der Waals surface area (Å²) in [6.45, 7) is 6.19. The molecule has 2 aromatic carbocycles. The molecule has 4 rings (SSSR count).